The third kappa shape index (κ3) is 4.65. The first-order valence-electron chi connectivity index (χ1n) is 8.09. The zero-order valence-corrected chi connectivity index (χ0v) is 12.6. The molecule has 1 atom stereocenters. The summed E-state index contributed by atoms with van der Waals surface area (Å²) in [6, 6.07) is 9.61. The maximum Gasteiger partial charge on any atom is 0.0320 e. The molecule has 1 N–H and O–H groups in total. The molecule has 0 amide bonds. The Bertz CT molecular complexity index is 348. The first-order valence-corrected chi connectivity index (χ1v) is 8.09. The number of aryl methyl sites for hydroxylation is 1. The highest BCUT2D eigenvalue weighted by molar-refractivity contribution is 5.24. The summed E-state index contributed by atoms with van der Waals surface area (Å²) in [7, 11) is 0. The minimum atomic E-state index is 0.549. The largest absolute Gasteiger partial charge is 0.310 e. The first-order chi connectivity index (χ1) is 9.29. The molecule has 1 aromatic rings. The van der Waals surface area contributed by atoms with Crippen LogP contribution in [-0.4, -0.2) is 6.54 Å². The van der Waals surface area contributed by atoms with E-state index in [0.717, 1.165) is 12.5 Å². The molecule has 0 aliphatic heterocycles. The van der Waals surface area contributed by atoms with E-state index in [1.165, 1.54) is 56.1 Å². The van der Waals surface area contributed by atoms with Gasteiger partial charge in [-0.1, -0.05) is 68.9 Å². The van der Waals surface area contributed by atoms with Gasteiger partial charge >= 0.3 is 0 Å². The van der Waals surface area contributed by atoms with Crippen molar-refractivity contribution in [3.8, 4) is 0 Å². The molecule has 1 aliphatic rings. The number of hydrogen-bond donors (Lipinski definition) is 1. The van der Waals surface area contributed by atoms with Gasteiger partial charge in [-0.05, 0) is 37.8 Å². The monoisotopic (exact) mass is 259 g/mol. The molecule has 0 aromatic heterocycles. The number of rotatable bonds is 6. The van der Waals surface area contributed by atoms with E-state index in [4.69, 9.17) is 0 Å². The summed E-state index contributed by atoms with van der Waals surface area (Å²) in [6.07, 6.45) is 10.00. The van der Waals surface area contributed by atoms with Crippen molar-refractivity contribution in [2.45, 2.75) is 64.8 Å². The lowest BCUT2D eigenvalue weighted by atomic mass is 9.84. The Morgan fingerprint density at radius 1 is 1.11 bits per heavy atom. The van der Waals surface area contributed by atoms with Crippen LogP contribution in [-0.2, 0) is 0 Å². The van der Waals surface area contributed by atoms with Crippen LogP contribution in [0, 0.1) is 12.8 Å². The number of hydrogen-bond acceptors (Lipinski definition) is 1. The zero-order chi connectivity index (χ0) is 13.5. The molecule has 2 rings (SSSR count). The summed E-state index contributed by atoms with van der Waals surface area (Å²) in [5.41, 5.74) is 2.81. The van der Waals surface area contributed by atoms with Crippen molar-refractivity contribution >= 4 is 0 Å². The van der Waals surface area contributed by atoms with Gasteiger partial charge < -0.3 is 5.32 Å². The van der Waals surface area contributed by atoms with Gasteiger partial charge in [0, 0.05) is 6.04 Å². The van der Waals surface area contributed by atoms with Crippen molar-refractivity contribution in [1.29, 1.82) is 0 Å². The van der Waals surface area contributed by atoms with Gasteiger partial charge in [-0.15, -0.1) is 0 Å². The maximum atomic E-state index is 3.66. The van der Waals surface area contributed by atoms with Gasteiger partial charge in [0.05, 0.1) is 0 Å². The SMILES string of the molecule is CCNC(CCC1CCCCC1)c1ccc(C)cc1. The second kappa shape index (κ2) is 7.69. The predicted molar refractivity (Wildman–Crippen MR) is 83.4 cm³/mol. The van der Waals surface area contributed by atoms with Gasteiger partial charge in [0.1, 0.15) is 0 Å². The van der Waals surface area contributed by atoms with Crippen molar-refractivity contribution in [3.63, 3.8) is 0 Å². The quantitative estimate of drug-likeness (QED) is 0.757. The normalized spacial score (nSPS) is 18.4. The van der Waals surface area contributed by atoms with E-state index in [0.29, 0.717) is 6.04 Å². The van der Waals surface area contributed by atoms with E-state index in [2.05, 4.69) is 43.4 Å². The molecule has 106 valence electrons. The molecule has 0 saturated heterocycles. The Morgan fingerprint density at radius 3 is 2.42 bits per heavy atom. The summed E-state index contributed by atoms with van der Waals surface area (Å²) < 4.78 is 0. The van der Waals surface area contributed by atoms with Gasteiger partial charge in [0.25, 0.3) is 0 Å². The number of nitrogens with one attached hydrogen (secondary N) is 1. The van der Waals surface area contributed by atoms with Crippen LogP contribution in [0.4, 0.5) is 0 Å². The fourth-order valence-corrected chi connectivity index (χ4v) is 3.31. The molecule has 1 heteroatoms. The van der Waals surface area contributed by atoms with Gasteiger partial charge in [-0.2, -0.15) is 0 Å². The van der Waals surface area contributed by atoms with E-state index in [1.807, 2.05) is 0 Å². The Labute approximate surface area is 118 Å². The van der Waals surface area contributed by atoms with Crippen LogP contribution in [0.15, 0.2) is 24.3 Å². The Balaban J connectivity index is 1.89. The molecule has 1 fully saturated rings. The topological polar surface area (TPSA) is 12.0 Å². The highest BCUT2D eigenvalue weighted by Crippen LogP contribution is 2.30. The zero-order valence-electron chi connectivity index (χ0n) is 12.6. The molecule has 1 unspecified atom stereocenters. The standard InChI is InChI=1S/C18H29N/c1-3-19-18(17-12-9-15(2)10-13-17)14-11-16-7-5-4-6-8-16/h9-10,12-13,16,18-19H,3-8,11,14H2,1-2H3. The third-order valence-corrected chi connectivity index (χ3v) is 4.52. The molecule has 1 saturated carbocycles. The summed E-state index contributed by atoms with van der Waals surface area (Å²) in [4.78, 5) is 0. The molecule has 19 heavy (non-hydrogen) atoms. The molecule has 0 spiro atoms. The summed E-state index contributed by atoms with van der Waals surface area (Å²) >= 11 is 0. The van der Waals surface area contributed by atoms with Gasteiger partial charge in [-0.25, -0.2) is 0 Å². The molecule has 0 heterocycles. The Hall–Kier alpha value is -0.820. The lowest BCUT2D eigenvalue weighted by molar-refractivity contribution is 0.315. The average molecular weight is 259 g/mol. The second-order valence-electron chi connectivity index (χ2n) is 6.10. The van der Waals surface area contributed by atoms with Crippen LogP contribution >= 0.6 is 0 Å². The smallest absolute Gasteiger partial charge is 0.0320 e. The molecule has 0 radical (unpaired) electrons. The Kier molecular flexibility index (Phi) is 5.91. The van der Waals surface area contributed by atoms with Crippen molar-refractivity contribution in [1.82, 2.24) is 5.32 Å². The first kappa shape index (κ1) is 14.6. The molecular weight excluding hydrogens is 230 g/mol. The lowest BCUT2D eigenvalue weighted by Gasteiger charge is -2.25. The number of benzene rings is 1. The minimum absolute atomic E-state index is 0.549. The van der Waals surface area contributed by atoms with E-state index in [-0.39, 0.29) is 0 Å². The van der Waals surface area contributed by atoms with Crippen LogP contribution in [0.2, 0.25) is 0 Å². The molecule has 0 bridgehead atoms. The van der Waals surface area contributed by atoms with Gasteiger partial charge in [0.15, 0.2) is 0 Å². The van der Waals surface area contributed by atoms with Crippen LogP contribution in [0.1, 0.15) is 69.0 Å². The fourth-order valence-electron chi connectivity index (χ4n) is 3.31. The van der Waals surface area contributed by atoms with Crippen molar-refractivity contribution in [2.75, 3.05) is 6.54 Å². The van der Waals surface area contributed by atoms with E-state index >= 15 is 0 Å². The Morgan fingerprint density at radius 2 is 1.79 bits per heavy atom. The van der Waals surface area contributed by atoms with Crippen LogP contribution in [0.5, 0.6) is 0 Å². The van der Waals surface area contributed by atoms with Crippen molar-refractivity contribution < 1.29 is 0 Å². The van der Waals surface area contributed by atoms with Crippen molar-refractivity contribution in [3.05, 3.63) is 35.4 Å². The van der Waals surface area contributed by atoms with Crippen molar-refractivity contribution in [2.24, 2.45) is 5.92 Å². The van der Waals surface area contributed by atoms with E-state index in [9.17, 15) is 0 Å². The van der Waals surface area contributed by atoms with Crippen LogP contribution in [0.3, 0.4) is 0 Å². The lowest BCUT2D eigenvalue weighted by Crippen LogP contribution is -2.22. The van der Waals surface area contributed by atoms with E-state index < -0.39 is 0 Å². The molecule has 1 nitrogen and oxygen atoms in total. The van der Waals surface area contributed by atoms with E-state index in [1.54, 1.807) is 0 Å². The van der Waals surface area contributed by atoms with Crippen LogP contribution in [0.25, 0.3) is 0 Å². The summed E-state index contributed by atoms with van der Waals surface area (Å²) in [6.45, 7) is 5.43. The van der Waals surface area contributed by atoms with Crippen LogP contribution < -0.4 is 5.32 Å². The minimum Gasteiger partial charge on any atom is -0.310 e. The highest BCUT2D eigenvalue weighted by Gasteiger charge is 2.16. The second-order valence-corrected chi connectivity index (χ2v) is 6.10. The molecule has 1 aromatic carbocycles. The summed E-state index contributed by atoms with van der Waals surface area (Å²) in [5, 5.41) is 3.66. The highest BCUT2D eigenvalue weighted by atomic mass is 14.9. The summed E-state index contributed by atoms with van der Waals surface area (Å²) in [5.74, 6) is 0.986. The van der Waals surface area contributed by atoms with Gasteiger partial charge in [-0.3, -0.25) is 0 Å². The predicted octanol–water partition coefficient (Wildman–Crippen LogP) is 5.01. The fraction of sp³-hybridized carbons (Fsp3) is 0.667. The average Bonchev–Trinajstić information content (AvgIpc) is 2.46. The molecular formula is C18H29N. The third-order valence-electron chi connectivity index (χ3n) is 4.52. The van der Waals surface area contributed by atoms with Gasteiger partial charge in [0.2, 0.25) is 0 Å². The maximum absolute atomic E-state index is 3.66. The molecule has 1 aliphatic carbocycles.